The molecule has 0 aromatic carbocycles. The first kappa shape index (κ1) is 13.1. The summed E-state index contributed by atoms with van der Waals surface area (Å²) in [7, 11) is 1.48. The average molecular weight is 263 g/mol. The van der Waals surface area contributed by atoms with Crippen molar-refractivity contribution in [3.63, 3.8) is 0 Å². The van der Waals surface area contributed by atoms with Crippen LogP contribution < -0.4 is 5.32 Å². The monoisotopic (exact) mass is 263 g/mol. The number of aliphatic imine (C=N–C) groups is 1. The van der Waals surface area contributed by atoms with Crippen LogP contribution in [0.2, 0.25) is 0 Å². The van der Waals surface area contributed by atoms with E-state index >= 15 is 0 Å². The summed E-state index contributed by atoms with van der Waals surface area (Å²) >= 11 is 0. The van der Waals surface area contributed by atoms with Gasteiger partial charge in [0.1, 0.15) is 6.29 Å². The summed E-state index contributed by atoms with van der Waals surface area (Å²) in [6, 6.07) is -0.906. The molecule has 2 aliphatic heterocycles. The Morgan fingerprint density at radius 3 is 2.84 bits per heavy atom. The number of hydrogen-bond acceptors (Lipinski definition) is 5. The van der Waals surface area contributed by atoms with E-state index in [-0.39, 0.29) is 30.9 Å². The van der Waals surface area contributed by atoms with Gasteiger partial charge in [0.15, 0.2) is 0 Å². The zero-order chi connectivity index (χ0) is 14.0. The van der Waals surface area contributed by atoms with Crippen LogP contribution in [0.3, 0.4) is 0 Å². The lowest BCUT2D eigenvalue weighted by Crippen LogP contribution is -2.43. The summed E-state index contributed by atoms with van der Waals surface area (Å²) in [5, 5.41) is 2.42. The van der Waals surface area contributed by atoms with Gasteiger partial charge in [-0.15, -0.1) is 0 Å². The maximum atomic E-state index is 12.0. The number of carbonyl (C=O) groups is 4. The molecule has 2 rings (SSSR count). The van der Waals surface area contributed by atoms with E-state index in [1.54, 1.807) is 0 Å². The van der Waals surface area contributed by atoms with Crippen molar-refractivity contribution in [2.24, 2.45) is 4.99 Å². The van der Waals surface area contributed by atoms with Crippen LogP contribution in [0, 0.1) is 0 Å². The van der Waals surface area contributed by atoms with Crippen molar-refractivity contribution < 1.29 is 19.2 Å². The summed E-state index contributed by atoms with van der Waals surface area (Å²) in [4.78, 5) is 51.0. The number of rotatable bonds is 5. The molecule has 0 spiro atoms. The molecule has 0 bridgehead atoms. The Hall–Kier alpha value is -2.31. The molecule has 1 N–H and O–H groups in total. The van der Waals surface area contributed by atoms with Gasteiger partial charge in [-0.05, 0) is 6.42 Å². The molecule has 7 nitrogen and oxygen atoms in total. The Morgan fingerprint density at radius 2 is 2.26 bits per heavy atom. The number of amides is 3. The van der Waals surface area contributed by atoms with Crippen LogP contribution in [-0.4, -0.2) is 54.8 Å². The van der Waals surface area contributed by atoms with Crippen LogP contribution in [0.25, 0.3) is 0 Å². The van der Waals surface area contributed by atoms with Gasteiger partial charge < -0.3 is 10.1 Å². The second-order valence-corrected chi connectivity index (χ2v) is 4.26. The first-order valence-electron chi connectivity index (χ1n) is 5.87. The van der Waals surface area contributed by atoms with Crippen LogP contribution in [-0.2, 0) is 19.2 Å². The molecule has 0 fully saturated rings. The summed E-state index contributed by atoms with van der Waals surface area (Å²) < 4.78 is 0. The predicted molar refractivity (Wildman–Crippen MR) is 65.4 cm³/mol. The van der Waals surface area contributed by atoms with Crippen LogP contribution in [0.15, 0.2) is 16.1 Å². The number of nitrogens with zero attached hydrogens (tertiary/aromatic N) is 2. The van der Waals surface area contributed by atoms with Crippen LogP contribution in [0.5, 0.6) is 0 Å². The first-order chi connectivity index (χ1) is 9.10. The van der Waals surface area contributed by atoms with E-state index in [0.717, 1.165) is 4.90 Å². The van der Waals surface area contributed by atoms with Crippen LogP contribution in [0.1, 0.15) is 12.8 Å². The molecule has 0 aromatic heterocycles. The predicted octanol–water partition coefficient (Wildman–Crippen LogP) is -1.17. The van der Waals surface area contributed by atoms with Gasteiger partial charge in [0.25, 0.3) is 11.8 Å². The Balaban J connectivity index is 2.10. The van der Waals surface area contributed by atoms with Gasteiger partial charge in [-0.25, -0.2) is 0 Å². The van der Waals surface area contributed by atoms with Gasteiger partial charge in [-0.1, -0.05) is 0 Å². The number of aldehydes is 1. The fourth-order valence-corrected chi connectivity index (χ4v) is 2.09. The maximum absolute atomic E-state index is 12.0. The lowest BCUT2D eigenvalue weighted by atomic mass is 10.1. The second-order valence-electron chi connectivity index (χ2n) is 4.26. The van der Waals surface area contributed by atoms with Crippen molar-refractivity contribution in [2.45, 2.75) is 18.9 Å². The van der Waals surface area contributed by atoms with E-state index in [1.807, 2.05) is 0 Å². The zero-order valence-corrected chi connectivity index (χ0v) is 10.4. The number of nitrogens with one attached hydrogen (secondary N) is 1. The normalized spacial score (nSPS) is 18.9. The SMILES string of the molecule is CNC(=O)CCC(C=O)N1C(=O)C2=C(CN=C2)C1=O. The molecule has 0 aromatic rings. The van der Waals surface area contributed by atoms with Gasteiger partial charge in [-0.2, -0.15) is 0 Å². The number of hydrogen-bond donors (Lipinski definition) is 1. The average Bonchev–Trinajstić information content (AvgIpc) is 2.97. The van der Waals surface area contributed by atoms with Crippen molar-refractivity contribution in [1.82, 2.24) is 10.2 Å². The zero-order valence-electron chi connectivity index (χ0n) is 10.4. The highest BCUT2D eigenvalue weighted by atomic mass is 16.2. The molecule has 3 amide bonds. The lowest BCUT2D eigenvalue weighted by molar-refractivity contribution is -0.143. The minimum absolute atomic E-state index is 0.0791. The van der Waals surface area contributed by atoms with Gasteiger partial charge in [0.2, 0.25) is 5.91 Å². The third-order valence-electron chi connectivity index (χ3n) is 3.16. The van der Waals surface area contributed by atoms with Gasteiger partial charge in [0.05, 0.1) is 23.7 Å². The summed E-state index contributed by atoms with van der Waals surface area (Å²) in [5.41, 5.74) is 0.591. The molecule has 100 valence electrons. The molecule has 7 heteroatoms. The van der Waals surface area contributed by atoms with E-state index in [2.05, 4.69) is 10.3 Å². The van der Waals surface area contributed by atoms with Gasteiger partial charge in [-0.3, -0.25) is 24.3 Å². The third-order valence-corrected chi connectivity index (χ3v) is 3.16. The van der Waals surface area contributed by atoms with Gasteiger partial charge >= 0.3 is 0 Å². The molecule has 2 aliphatic rings. The van der Waals surface area contributed by atoms with E-state index in [0.29, 0.717) is 11.9 Å². The third kappa shape index (κ3) is 2.18. The van der Waals surface area contributed by atoms with Crippen molar-refractivity contribution >= 4 is 30.2 Å². The quantitative estimate of drug-likeness (QED) is 0.499. The smallest absolute Gasteiger partial charge is 0.263 e. The van der Waals surface area contributed by atoms with Crippen LogP contribution >= 0.6 is 0 Å². The molecule has 1 atom stereocenters. The van der Waals surface area contributed by atoms with Crippen molar-refractivity contribution in [1.29, 1.82) is 0 Å². The fourth-order valence-electron chi connectivity index (χ4n) is 2.09. The van der Waals surface area contributed by atoms with Crippen LogP contribution in [0.4, 0.5) is 0 Å². The van der Waals surface area contributed by atoms with E-state index in [1.165, 1.54) is 13.3 Å². The first-order valence-corrected chi connectivity index (χ1v) is 5.87. The molecular formula is C12H13N3O4. The van der Waals surface area contributed by atoms with Crippen molar-refractivity contribution in [3.8, 4) is 0 Å². The highest BCUT2D eigenvalue weighted by Gasteiger charge is 2.42. The largest absolute Gasteiger partial charge is 0.359 e. The van der Waals surface area contributed by atoms with Crippen molar-refractivity contribution in [2.75, 3.05) is 13.6 Å². The Labute approximate surface area is 109 Å². The second kappa shape index (κ2) is 5.13. The highest BCUT2D eigenvalue weighted by Crippen LogP contribution is 2.26. The fraction of sp³-hybridized carbons (Fsp3) is 0.417. The van der Waals surface area contributed by atoms with E-state index < -0.39 is 17.9 Å². The Bertz CT molecular complexity index is 521. The molecule has 0 radical (unpaired) electrons. The summed E-state index contributed by atoms with van der Waals surface area (Å²) in [6.45, 7) is 0.178. The summed E-state index contributed by atoms with van der Waals surface area (Å²) in [5.74, 6) is -1.23. The Kier molecular flexibility index (Phi) is 3.55. The van der Waals surface area contributed by atoms with E-state index in [9.17, 15) is 19.2 Å². The minimum atomic E-state index is -0.906. The van der Waals surface area contributed by atoms with E-state index in [4.69, 9.17) is 0 Å². The topological polar surface area (TPSA) is 95.9 Å². The van der Waals surface area contributed by atoms with Crippen molar-refractivity contribution in [3.05, 3.63) is 11.1 Å². The molecule has 19 heavy (non-hydrogen) atoms. The molecule has 0 saturated heterocycles. The van der Waals surface area contributed by atoms with Gasteiger partial charge in [0, 0.05) is 19.7 Å². The lowest BCUT2D eigenvalue weighted by Gasteiger charge is -2.22. The molecular weight excluding hydrogens is 250 g/mol. The number of imide groups is 1. The standard InChI is InChI=1S/C12H13N3O4/c1-13-10(17)3-2-7(6-16)15-11(18)8-4-14-5-9(8)12(15)19/h4,6-7H,2-3,5H2,1H3,(H,13,17). The minimum Gasteiger partial charge on any atom is -0.359 e. The maximum Gasteiger partial charge on any atom is 0.263 e. The molecule has 2 heterocycles. The molecule has 0 aliphatic carbocycles. The molecule has 0 saturated carbocycles. The highest BCUT2D eigenvalue weighted by molar-refractivity contribution is 6.30. The Morgan fingerprint density at radius 1 is 1.53 bits per heavy atom. The number of carbonyl (C=O) groups excluding carboxylic acids is 4. The summed E-state index contributed by atoms with van der Waals surface area (Å²) in [6.07, 6.45) is 2.09. The molecule has 1 unspecified atom stereocenters.